The third kappa shape index (κ3) is 4.99. The highest BCUT2D eigenvalue weighted by Gasteiger charge is 2.26. The summed E-state index contributed by atoms with van der Waals surface area (Å²) in [6, 6.07) is 7.42. The minimum absolute atomic E-state index is 0.354. The average Bonchev–Trinajstić information content (AvgIpc) is 2.27. The molecule has 0 spiro atoms. The molecule has 5 heteroatoms. The van der Waals surface area contributed by atoms with E-state index in [2.05, 4.69) is 6.58 Å². The van der Waals surface area contributed by atoms with Crippen molar-refractivity contribution in [2.75, 3.05) is 12.4 Å². The summed E-state index contributed by atoms with van der Waals surface area (Å²) in [5.41, 5.74) is 1.05. The summed E-state index contributed by atoms with van der Waals surface area (Å²) >= 11 is 1.14. The predicted octanol–water partition coefficient (Wildman–Crippen LogP) is 4.44. The van der Waals surface area contributed by atoms with Crippen molar-refractivity contribution in [1.82, 2.24) is 0 Å². The van der Waals surface area contributed by atoms with E-state index in [0.29, 0.717) is 18.1 Å². The van der Waals surface area contributed by atoms with Gasteiger partial charge in [-0.3, -0.25) is 4.52 Å². The van der Waals surface area contributed by atoms with Crippen LogP contribution in [0.25, 0.3) is 0 Å². The topological polar surface area (TPSA) is 35.5 Å². The smallest absolute Gasteiger partial charge is 0.417 e. The summed E-state index contributed by atoms with van der Waals surface area (Å²) in [5.74, 6) is 1.10. The molecule has 0 fully saturated rings. The molecule has 0 amide bonds. The van der Waals surface area contributed by atoms with Gasteiger partial charge in [-0.05, 0) is 42.9 Å². The molecule has 0 aliphatic carbocycles. The zero-order chi connectivity index (χ0) is 12.7. The van der Waals surface area contributed by atoms with Crippen LogP contribution in [0.15, 0.2) is 36.9 Å². The van der Waals surface area contributed by atoms with Gasteiger partial charge in [0.15, 0.2) is 0 Å². The lowest BCUT2D eigenvalue weighted by Gasteiger charge is -2.17. The van der Waals surface area contributed by atoms with Crippen molar-refractivity contribution in [3.63, 3.8) is 0 Å². The van der Waals surface area contributed by atoms with Gasteiger partial charge in [-0.25, -0.2) is 4.57 Å². The Hall–Kier alpha value is -0.700. The van der Waals surface area contributed by atoms with Crippen molar-refractivity contribution in [3.05, 3.63) is 42.5 Å². The molecule has 0 N–H and O–H groups in total. The fourth-order valence-corrected chi connectivity index (χ4v) is 4.17. The van der Waals surface area contributed by atoms with E-state index in [0.717, 1.165) is 16.9 Å². The molecule has 1 atom stereocenters. The molecule has 1 aromatic carbocycles. The van der Waals surface area contributed by atoms with E-state index in [-0.39, 0.29) is 0 Å². The van der Waals surface area contributed by atoms with Gasteiger partial charge in [-0.1, -0.05) is 18.2 Å². The number of hydrogen-bond acceptors (Lipinski definition) is 4. The van der Waals surface area contributed by atoms with Gasteiger partial charge in [0.1, 0.15) is 5.75 Å². The molecule has 94 valence electrons. The minimum Gasteiger partial charge on any atom is -0.417 e. The van der Waals surface area contributed by atoms with Crippen molar-refractivity contribution < 1.29 is 13.6 Å². The molecule has 17 heavy (non-hydrogen) atoms. The van der Waals surface area contributed by atoms with E-state index < -0.39 is 6.80 Å². The lowest BCUT2D eigenvalue weighted by atomic mass is 10.2. The molecule has 1 aromatic rings. The Morgan fingerprint density at radius 2 is 2.29 bits per heavy atom. The number of rotatable bonds is 7. The van der Waals surface area contributed by atoms with Gasteiger partial charge in [0.2, 0.25) is 0 Å². The first-order valence-corrected chi connectivity index (χ1v) is 8.49. The van der Waals surface area contributed by atoms with Crippen molar-refractivity contribution in [3.8, 4) is 5.75 Å². The quantitative estimate of drug-likeness (QED) is 0.543. The van der Waals surface area contributed by atoms with E-state index >= 15 is 0 Å². The first-order chi connectivity index (χ1) is 8.09. The third-order valence-corrected chi connectivity index (χ3v) is 5.49. The third-order valence-electron chi connectivity index (χ3n) is 1.84. The van der Waals surface area contributed by atoms with Crippen molar-refractivity contribution >= 4 is 18.2 Å². The van der Waals surface area contributed by atoms with Crippen LogP contribution < -0.4 is 4.52 Å². The van der Waals surface area contributed by atoms with Gasteiger partial charge >= 0.3 is 6.80 Å². The van der Waals surface area contributed by atoms with E-state index in [1.807, 2.05) is 25.1 Å². The molecule has 0 saturated heterocycles. The maximum atomic E-state index is 12.3. The molecule has 0 aliphatic heterocycles. The summed E-state index contributed by atoms with van der Waals surface area (Å²) in [6.07, 6.45) is 1.68. The second kappa shape index (κ2) is 6.90. The Labute approximate surface area is 106 Å². The lowest BCUT2D eigenvalue weighted by Crippen LogP contribution is -1.95. The van der Waals surface area contributed by atoms with Crippen LogP contribution in [-0.4, -0.2) is 12.4 Å². The van der Waals surface area contributed by atoms with Crippen LogP contribution in [0, 0.1) is 6.92 Å². The second-order valence-electron chi connectivity index (χ2n) is 3.36. The molecule has 0 aromatic heterocycles. The standard InChI is InChI=1S/C12H17O3PS/c1-4-9-17-16(13,14-5-2)15-12-8-6-7-11(3)10-12/h4,6-8,10H,1,5,9H2,2-3H3. The lowest BCUT2D eigenvalue weighted by molar-refractivity contribution is 0.296. The van der Waals surface area contributed by atoms with E-state index in [9.17, 15) is 4.57 Å². The molecular formula is C12H17O3PS. The Morgan fingerprint density at radius 3 is 2.88 bits per heavy atom. The maximum absolute atomic E-state index is 12.3. The van der Waals surface area contributed by atoms with Gasteiger partial charge in [0, 0.05) is 5.75 Å². The minimum atomic E-state index is -3.13. The molecule has 0 radical (unpaired) electrons. The number of benzene rings is 1. The largest absolute Gasteiger partial charge is 0.440 e. The molecule has 1 unspecified atom stereocenters. The Kier molecular flexibility index (Phi) is 5.83. The Bertz CT molecular complexity index is 420. The fraction of sp³-hybridized carbons (Fsp3) is 0.333. The first-order valence-electron chi connectivity index (χ1n) is 5.36. The van der Waals surface area contributed by atoms with Crippen LogP contribution in [0.5, 0.6) is 5.75 Å². The van der Waals surface area contributed by atoms with E-state index in [1.54, 1.807) is 19.1 Å². The molecule has 0 saturated carbocycles. The number of hydrogen-bond donors (Lipinski definition) is 0. The molecule has 0 heterocycles. The van der Waals surface area contributed by atoms with Crippen molar-refractivity contribution in [2.24, 2.45) is 0 Å². The SMILES string of the molecule is C=CCSP(=O)(OCC)Oc1cccc(C)c1. The maximum Gasteiger partial charge on any atom is 0.440 e. The summed E-state index contributed by atoms with van der Waals surface area (Å²) in [7, 11) is 0. The van der Waals surface area contributed by atoms with Crippen LogP contribution in [0.3, 0.4) is 0 Å². The van der Waals surface area contributed by atoms with Crippen LogP contribution in [0.2, 0.25) is 0 Å². The molecule has 3 nitrogen and oxygen atoms in total. The fourth-order valence-electron chi connectivity index (χ4n) is 1.19. The summed E-state index contributed by atoms with van der Waals surface area (Å²) in [5, 5.41) is 0. The summed E-state index contributed by atoms with van der Waals surface area (Å²) in [6.45, 7) is 4.56. The van der Waals surface area contributed by atoms with Gasteiger partial charge < -0.3 is 4.52 Å². The Morgan fingerprint density at radius 1 is 1.53 bits per heavy atom. The monoisotopic (exact) mass is 272 g/mol. The van der Waals surface area contributed by atoms with Crippen LogP contribution in [0.1, 0.15) is 12.5 Å². The van der Waals surface area contributed by atoms with Gasteiger partial charge in [0.25, 0.3) is 0 Å². The van der Waals surface area contributed by atoms with Crippen LogP contribution in [0.4, 0.5) is 0 Å². The van der Waals surface area contributed by atoms with Gasteiger partial charge in [0.05, 0.1) is 6.61 Å². The van der Waals surface area contributed by atoms with Crippen molar-refractivity contribution in [1.29, 1.82) is 0 Å². The zero-order valence-electron chi connectivity index (χ0n) is 10.1. The van der Waals surface area contributed by atoms with Crippen LogP contribution in [-0.2, 0) is 9.09 Å². The average molecular weight is 272 g/mol. The van der Waals surface area contributed by atoms with E-state index in [4.69, 9.17) is 9.05 Å². The van der Waals surface area contributed by atoms with E-state index in [1.165, 1.54) is 0 Å². The normalized spacial score (nSPS) is 14.0. The number of aryl methyl sites for hydroxylation is 1. The highest BCUT2D eigenvalue weighted by atomic mass is 32.7. The molecule has 1 rings (SSSR count). The first kappa shape index (κ1) is 14.4. The zero-order valence-corrected chi connectivity index (χ0v) is 11.8. The van der Waals surface area contributed by atoms with Crippen molar-refractivity contribution in [2.45, 2.75) is 13.8 Å². The summed E-state index contributed by atoms with van der Waals surface area (Å²) in [4.78, 5) is 0. The predicted molar refractivity (Wildman–Crippen MR) is 73.7 cm³/mol. The van der Waals surface area contributed by atoms with Gasteiger partial charge in [-0.2, -0.15) is 0 Å². The molecule has 0 aliphatic rings. The second-order valence-corrected chi connectivity index (χ2v) is 7.40. The Balaban J connectivity index is 2.78. The highest BCUT2D eigenvalue weighted by molar-refractivity contribution is 8.55. The van der Waals surface area contributed by atoms with Crippen LogP contribution >= 0.6 is 18.2 Å². The molecule has 0 bridgehead atoms. The summed E-state index contributed by atoms with van der Waals surface area (Å²) < 4.78 is 23.0. The highest BCUT2D eigenvalue weighted by Crippen LogP contribution is 2.59. The van der Waals surface area contributed by atoms with Gasteiger partial charge in [-0.15, -0.1) is 6.58 Å². The molecular weight excluding hydrogens is 255 g/mol.